The van der Waals surface area contributed by atoms with E-state index in [1.54, 1.807) is 25.7 Å². The van der Waals surface area contributed by atoms with E-state index in [2.05, 4.69) is 93.1 Å². The van der Waals surface area contributed by atoms with Gasteiger partial charge in [-0.3, -0.25) is 0 Å². The standard InChI is InChI=1S/C12H23P.14CO.CH3Te.2Fe.2Re.Te/c1-3-7-11(8-4-1)13-12-9-5-2-6-10-12;15*1-2;;;;;/h11-13H,1-10H2;;;;;;;;;;;;;;;1H3;;;;;. The fraction of sp³-hybridized carbons (Fsp3) is 0.481. The maximum Gasteiger partial charge on any atom is 0 e. The van der Waals surface area contributed by atoms with Crippen LogP contribution in [0.1, 0.15) is 64.2 Å². The molecule has 0 heterocycles. The van der Waals surface area contributed by atoms with Gasteiger partial charge in [-0.25, -0.2) is 0 Å². The van der Waals surface area contributed by atoms with Crippen LogP contribution in [0.15, 0.2) is 0 Å². The Morgan fingerprint density at radius 2 is 0.438 bits per heavy atom. The molecule has 48 heavy (non-hydrogen) atoms. The zero-order chi connectivity index (χ0) is 38.9. The Hall–Kier alpha value is 0.733. The smallest absolute Gasteiger partial charge is 0 e. The van der Waals surface area contributed by atoms with E-state index >= 15 is 0 Å². The van der Waals surface area contributed by atoms with Gasteiger partial charge < -0.3 is 0 Å². The maximum absolute atomic E-state index is 7.50. The maximum atomic E-state index is 7.50. The molecule has 0 unspecified atom stereocenters. The van der Waals surface area contributed by atoms with Gasteiger partial charge in [0.05, 0.1) is 0 Å². The Labute approximate surface area is 364 Å². The molecule has 2 rings (SSSR count). The van der Waals surface area contributed by atoms with Crippen molar-refractivity contribution in [3.63, 3.8) is 0 Å². The Morgan fingerprint density at radius 1 is 0.333 bits per heavy atom. The van der Waals surface area contributed by atoms with Crippen LogP contribution in [-0.2, 0) is 140 Å². The van der Waals surface area contributed by atoms with Crippen molar-refractivity contribution in [1.82, 2.24) is 0 Å². The molecule has 0 atom stereocenters. The van der Waals surface area contributed by atoms with Crippen LogP contribution in [0.25, 0.3) is 0 Å². The van der Waals surface area contributed by atoms with Gasteiger partial charge in [0.15, 0.2) is 0 Å². The molecule has 0 aromatic heterocycles. The van der Waals surface area contributed by atoms with Crippen molar-refractivity contribution in [3.05, 3.63) is 93.1 Å². The molecule has 0 aliphatic heterocycles. The summed E-state index contributed by atoms with van der Waals surface area (Å²) >= 11 is 1.95. The Morgan fingerprint density at radius 3 is 0.542 bits per heavy atom. The molecule has 2 saturated carbocycles. The van der Waals surface area contributed by atoms with Crippen molar-refractivity contribution >= 4 is 54.5 Å². The van der Waals surface area contributed by atoms with Crippen molar-refractivity contribution in [3.8, 4) is 0 Å². The summed E-state index contributed by atoms with van der Waals surface area (Å²) in [5, 5.41) is 0. The summed E-state index contributed by atoms with van der Waals surface area (Å²) in [6.45, 7) is 63.0. The Bertz CT molecular complexity index is 520. The first kappa shape index (κ1) is 126. The van der Waals surface area contributed by atoms with E-state index in [0.717, 1.165) is 11.3 Å². The van der Waals surface area contributed by atoms with Crippen molar-refractivity contribution in [2.75, 3.05) is 0 Å². The van der Waals surface area contributed by atoms with Gasteiger partial charge in [-0.15, -0.1) is 8.58 Å². The average molecular weight is 1340 g/mol. The topological polar surface area (TPSA) is 279 Å². The van der Waals surface area contributed by atoms with E-state index in [-0.39, 0.29) is 98.6 Å². The molecule has 265 valence electrons. The summed E-state index contributed by atoms with van der Waals surface area (Å²) in [5.74, 6) is 0. The summed E-state index contributed by atoms with van der Waals surface area (Å²) in [4.78, 5) is 2.01. The molecule has 0 amide bonds. The fourth-order valence-electron chi connectivity index (χ4n) is 2.87. The fourth-order valence-corrected chi connectivity index (χ4v) is 5.02. The van der Waals surface area contributed by atoms with Gasteiger partial charge in [0.1, 0.15) is 0 Å². The summed E-state index contributed by atoms with van der Waals surface area (Å²) in [7, 11) is 1.33. The predicted molar refractivity (Wildman–Crippen MR) is 134 cm³/mol. The number of hydrogen-bond donors (Lipinski definition) is 0. The van der Waals surface area contributed by atoms with Gasteiger partial charge in [0.25, 0.3) is 0 Å². The largest absolute Gasteiger partial charge is 0 e. The van der Waals surface area contributed by atoms with Crippen LogP contribution < -0.4 is 0 Å². The minimum absolute atomic E-state index is 0. The minimum atomic E-state index is 0. The van der Waals surface area contributed by atoms with Gasteiger partial charge in [-0.05, 0) is 37.0 Å². The summed E-state index contributed by atoms with van der Waals surface area (Å²) in [6.07, 6.45) is 15.4. The van der Waals surface area contributed by atoms with E-state index in [1.165, 1.54) is 47.1 Å². The summed E-state index contributed by atoms with van der Waals surface area (Å²) in [5.41, 5.74) is 2.30. The second-order valence-corrected chi connectivity index (χ2v) is 6.80. The van der Waals surface area contributed by atoms with Crippen LogP contribution >= 0.6 is 8.58 Å². The zero-order valence-corrected chi connectivity index (χ0v) is 38.0. The molecule has 0 aromatic carbocycles. The van der Waals surface area contributed by atoms with Crippen molar-refractivity contribution in [1.29, 1.82) is 0 Å². The van der Waals surface area contributed by atoms with Gasteiger partial charge in [-0.1, -0.05) is 38.5 Å². The minimum Gasteiger partial charge on any atom is 0 e. The van der Waals surface area contributed by atoms with Gasteiger partial charge in [0, 0.05) is 98.6 Å². The van der Waals surface area contributed by atoms with E-state index in [0.29, 0.717) is 0 Å². The van der Waals surface area contributed by atoms with Crippen molar-refractivity contribution in [2.45, 2.75) is 80.5 Å². The van der Waals surface area contributed by atoms with Crippen molar-refractivity contribution < 1.29 is 140 Å². The first-order chi connectivity index (χ1) is 21.4. The van der Waals surface area contributed by atoms with E-state index in [4.69, 9.17) is 65.1 Å². The number of hydrogen-bond acceptors (Lipinski definition) is 0. The molecule has 2 aliphatic rings. The molecule has 21 heteroatoms. The van der Waals surface area contributed by atoms with Crippen LogP contribution in [0.5, 0.6) is 0 Å². The molecule has 0 spiro atoms. The Balaban J connectivity index is -0.0000000124. The number of rotatable bonds is 2. The Kier molecular flexibility index (Phi) is 867. The quantitative estimate of drug-likeness (QED) is 0.166. The van der Waals surface area contributed by atoms with E-state index in [9.17, 15) is 0 Å². The monoisotopic (exact) mass is 1350 g/mol. The van der Waals surface area contributed by atoms with Crippen LogP contribution in [0.2, 0.25) is 4.97 Å². The molecule has 0 saturated heterocycles. The summed E-state index contributed by atoms with van der Waals surface area (Å²) < 4.78 is 105. The molecule has 0 aromatic rings. The second-order valence-electron chi connectivity index (χ2n) is 4.84. The zero-order valence-electron chi connectivity index (χ0n) is 24.7. The third kappa shape index (κ3) is 227. The third-order valence-electron chi connectivity index (χ3n) is 3.68. The molecular formula is C27H26Fe2O14PRe2Te2. The molecule has 2 fully saturated rings. The second kappa shape index (κ2) is 332. The molecule has 2 aliphatic carbocycles. The molecule has 5 radical (unpaired) electrons. The van der Waals surface area contributed by atoms with Crippen LogP contribution in [-0.4, -0.2) is 57.3 Å². The van der Waals surface area contributed by atoms with Crippen LogP contribution in [0.4, 0.5) is 0 Å². The predicted octanol–water partition coefficient (Wildman–Crippen LogP) is 3.62. The first-order valence-corrected chi connectivity index (χ1v) is 13.0. The normalized spacial score (nSPS) is 8.21. The van der Waals surface area contributed by atoms with Crippen LogP contribution in [0, 0.1) is 93.1 Å². The van der Waals surface area contributed by atoms with Gasteiger partial charge in [0.2, 0.25) is 0 Å². The van der Waals surface area contributed by atoms with Crippen molar-refractivity contribution in [2.24, 2.45) is 0 Å². The molecular weight excluding hydrogens is 1320 g/mol. The molecule has 0 bridgehead atoms. The average Bonchev–Trinajstić information content (AvgIpc) is 3.21. The van der Waals surface area contributed by atoms with Gasteiger partial charge in [-0.2, -0.15) is 0 Å². The summed E-state index contributed by atoms with van der Waals surface area (Å²) in [6, 6.07) is 0. The first-order valence-electron chi connectivity index (χ1n) is 9.48. The molecule has 14 nitrogen and oxygen atoms in total. The molecule has 0 N–H and O–H groups in total. The SMILES string of the molecule is C1CCC(PC2CCCCC2)CC1.C[Te].[C-]#[O+].[C-]#[O+].[C-]#[O+].[C-]#[O+].[C-]#[O+].[C-]#[O+].[C-]#[O+].[C-]#[O+].[C-]#[O+].[C-]#[O+].[C-]#[O+].[C-]#[O+].[C-]#[O+].[C-]#[O+].[Fe].[Fe].[Re].[Re].[Te]. The van der Waals surface area contributed by atoms with Crippen LogP contribution in [0.3, 0.4) is 0 Å². The van der Waals surface area contributed by atoms with E-state index in [1.807, 2.05) is 27.3 Å². The van der Waals surface area contributed by atoms with Gasteiger partial charge >= 0.3 is 186 Å². The van der Waals surface area contributed by atoms with E-state index < -0.39 is 0 Å². The third-order valence-corrected chi connectivity index (χ3v) is 5.78.